The summed E-state index contributed by atoms with van der Waals surface area (Å²) in [6.07, 6.45) is 0. The van der Waals surface area contributed by atoms with E-state index in [9.17, 15) is 9.18 Å². The van der Waals surface area contributed by atoms with Crippen LogP contribution < -0.4 is 4.80 Å². The van der Waals surface area contributed by atoms with Gasteiger partial charge < -0.3 is 9.30 Å². The van der Waals surface area contributed by atoms with Gasteiger partial charge in [0.1, 0.15) is 5.82 Å². The van der Waals surface area contributed by atoms with E-state index in [1.807, 2.05) is 30.5 Å². The standard InChI is InChI=1S/C19H19FN2O2S/c1-12-4-5-14(10-13(12)2)18(23)21-19-22(8-9-24-3)16-7-6-15(20)11-17(16)25-19/h4-7,10-11H,8-9H2,1-3H3. The fraction of sp³-hybridized carbons (Fsp3) is 0.263. The molecular formula is C19H19FN2O2S. The van der Waals surface area contributed by atoms with Crippen LogP contribution in [0, 0.1) is 19.7 Å². The van der Waals surface area contributed by atoms with Gasteiger partial charge in [0.2, 0.25) is 0 Å². The summed E-state index contributed by atoms with van der Waals surface area (Å²) in [4.78, 5) is 17.4. The third kappa shape index (κ3) is 3.70. The largest absolute Gasteiger partial charge is 0.383 e. The Labute approximate surface area is 149 Å². The second-order valence-corrected chi connectivity index (χ2v) is 6.87. The number of fused-ring (bicyclic) bond motifs is 1. The van der Waals surface area contributed by atoms with Gasteiger partial charge in [0, 0.05) is 19.2 Å². The lowest BCUT2D eigenvalue weighted by Gasteiger charge is -2.04. The summed E-state index contributed by atoms with van der Waals surface area (Å²) in [5.41, 5.74) is 3.57. The van der Waals surface area contributed by atoms with Gasteiger partial charge in [-0.05, 0) is 55.3 Å². The highest BCUT2D eigenvalue weighted by Crippen LogP contribution is 2.19. The van der Waals surface area contributed by atoms with Crippen molar-refractivity contribution >= 4 is 27.5 Å². The van der Waals surface area contributed by atoms with Crippen molar-refractivity contribution in [2.24, 2.45) is 4.99 Å². The van der Waals surface area contributed by atoms with Crippen LogP contribution in [-0.4, -0.2) is 24.2 Å². The van der Waals surface area contributed by atoms with Gasteiger partial charge in [0.25, 0.3) is 5.91 Å². The van der Waals surface area contributed by atoms with Gasteiger partial charge in [-0.1, -0.05) is 17.4 Å². The number of carbonyl (C=O) groups is 1. The second-order valence-electron chi connectivity index (χ2n) is 5.86. The average Bonchev–Trinajstić information content (AvgIpc) is 2.91. The number of carbonyl (C=O) groups excluding carboxylic acids is 1. The van der Waals surface area contributed by atoms with Gasteiger partial charge in [-0.3, -0.25) is 4.79 Å². The molecule has 1 heterocycles. The highest BCUT2D eigenvalue weighted by molar-refractivity contribution is 7.16. The summed E-state index contributed by atoms with van der Waals surface area (Å²) >= 11 is 1.30. The fourth-order valence-corrected chi connectivity index (χ4v) is 3.64. The zero-order valence-corrected chi connectivity index (χ0v) is 15.2. The van der Waals surface area contributed by atoms with E-state index >= 15 is 0 Å². The number of nitrogens with zero attached hydrogens (tertiary/aromatic N) is 2. The summed E-state index contributed by atoms with van der Waals surface area (Å²) in [6, 6.07) is 10.1. The topological polar surface area (TPSA) is 43.6 Å². The first-order valence-electron chi connectivity index (χ1n) is 7.94. The van der Waals surface area contributed by atoms with Crippen LogP contribution in [0.2, 0.25) is 0 Å². The minimum absolute atomic E-state index is 0.304. The van der Waals surface area contributed by atoms with Gasteiger partial charge in [-0.25, -0.2) is 4.39 Å². The van der Waals surface area contributed by atoms with E-state index in [0.29, 0.717) is 23.5 Å². The number of methoxy groups -OCH3 is 1. The van der Waals surface area contributed by atoms with Gasteiger partial charge in [0.05, 0.1) is 16.8 Å². The number of hydrogen-bond acceptors (Lipinski definition) is 3. The van der Waals surface area contributed by atoms with Crippen LogP contribution in [0.25, 0.3) is 10.2 Å². The maximum absolute atomic E-state index is 13.5. The molecule has 130 valence electrons. The molecule has 1 aromatic heterocycles. The number of thiazole rings is 1. The lowest BCUT2D eigenvalue weighted by Crippen LogP contribution is -2.19. The maximum atomic E-state index is 13.5. The molecule has 3 rings (SSSR count). The van der Waals surface area contributed by atoms with E-state index in [1.165, 1.54) is 23.5 Å². The minimum Gasteiger partial charge on any atom is -0.383 e. The van der Waals surface area contributed by atoms with Crippen molar-refractivity contribution in [1.29, 1.82) is 0 Å². The molecule has 0 bridgehead atoms. The Morgan fingerprint density at radius 1 is 1.20 bits per heavy atom. The zero-order chi connectivity index (χ0) is 18.0. The average molecular weight is 358 g/mol. The number of aromatic nitrogens is 1. The Bertz CT molecular complexity index is 1000. The summed E-state index contributed by atoms with van der Waals surface area (Å²) in [6.45, 7) is 4.99. The van der Waals surface area contributed by atoms with Crippen LogP contribution in [0.1, 0.15) is 21.5 Å². The fourth-order valence-electron chi connectivity index (χ4n) is 2.56. The number of halogens is 1. The van der Waals surface area contributed by atoms with E-state index < -0.39 is 0 Å². The van der Waals surface area contributed by atoms with Crippen LogP contribution >= 0.6 is 11.3 Å². The lowest BCUT2D eigenvalue weighted by molar-refractivity contribution is 0.0997. The van der Waals surface area contributed by atoms with Gasteiger partial charge in [-0.15, -0.1) is 0 Å². The first-order chi connectivity index (χ1) is 12.0. The summed E-state index contributed by atoms with van der Waals surface area (Å²) in [5.74, 6) is -0.610. The predicted octanol–water partition coefficient (Wildman–Crippen LogP) is 3.85. The molecule has 0 atom stereocenters. The molecule has 0 saturated heterocycles. The minimum atomic E-state index is -0.306. The maximum Gasteiger partial charge on any atom is 0.279 e. The SMILES string of the molecule is COCCn1c(=NC(=O)c2ccc(C)c(C)c2)sc2cc(F)ccc21. The lowest BCUT2D eigenvalue weighted by atomic mass is 10.1. The highest BCUT2D eigenvalue weighted by atomic mass is 32.1. The molecule has 6 heteroatoms. The molecule has 3 aromatic rings. The van der Waals surface area contributed by atoms with Gasteiger partial charge >= 0.3 is 0 Å². The Hall–Kier alpha value is -2.31. The molecule has 0 aliphatic rings. The van der Waals surface area contributed by atoms with Crippen LogP contribution in [-0.2, 0) is 11.3 Å². The Kier molecular flexibility index (Phi) is 5.11. The van der Waals surface area contributed by atoms with Crippen LogP contribution in [0.4, 0.5) is 4.39 Å². The molecular weight excluding hydrogens is 339 g/mol. The summed E-state index contributed by atoms with van der Waals surface area (Å²) in [7, 11) is 1.62. The van der Waals surface area contributed by atoms with E-state index in [-0.39, 0.29) is 11.7 Å². The van der Waals surface area contributed by atoms with Crippen molar-refractivity contribution in [2.75, 3.05) is 13.7 Å². The van der Waals surface area contributed by atoms with Crippen molar-refractivity contribution in [1.82, 2.24) is 4.57 Å². The van der Waals surface area contributed by atoms with E-state index in [0.717, 1.165) is 21.3 Å². The van der Waals surface area contributed by atoms with Crippen LogP contribution in [0.3, 0.4) is 0 Å². The zero-order valence-electron chi connectivity index (χ0n) is 14.4. The number of hydrogen-bond donors (Lipinski definition) is 0. The number of rotatable bonds is 4. The molecule has 0 aliphatic carbocycles. The Morgan fingerprint density at radius 3 is 2.72 bits per heavy atom. The van der Waals surface area contributed by atoms with Crippen molar-refractivity contribution in [3.05, 3.63) is 63.7 Å². The highest BCUT2D eigenvalue weighted by Gasteiger charge is 2.10. The summed E-state index contributed by atoms with van der Waals surface area (Å²) in [5, 5.41) is 0. The van der Waals surface area contributed by atoms with Gasteiger partial charge in [0.15, 0.2) is 4.80 Å². The molecule has 0 saturated carbocycles. The Morgan fingerprint density at radius 2 is 2.00 bits per heavy atom. The molecule has 0 unspecified atom stereocenters. The first kappa shape index (κ1) is 17.5. The first-order valence-corrected chi connectivity index (χ1v) is 8.75. The van der Waals surface area contributed by atoms with E-state index in [1.54, 1.807) is 19.2 Å². The van der Waals surface area contributed by atoms with Crippen molar-refractivity contribution in [3.8, 4) is 0 Å². The molecule has 0 aliphatic heterocycles. The van der Waals surface area contributed by atoms with Crippen molar-refractivity contribution in [2.45, 2.75) is 20.4 Å². The van der Waals surface area contributed by atoms with E-state index in [4.69, 9.17) is 4.74 Å². The monoisotopic (exact) mass is 358 g/mol. The molecule has 0 fully saturated rings. The third-order valence-electron chi connectivity index (χ3n) is 4.11. The number of amides is 1. The van der Waals surface area contributed by atoms with Gasteiger partial charge in [-0.2, -0.15) is 4.99 Å². The smallest absolute Gasteiger partial charge is 0.279 e. The second kappa shape index (κ2) is 7.29. The molecule has 0 radical (unpaired) electrons. The van der Waals surface area contributed by atoms with Crippen LogP contribution in [0.5, 0.6) is 0 Å². The predicted molar refractivity (Wildman–Crippen MR) is 97.5 cm³/mol. The molecule has 2 aromatic carbocycles. The van der Waals surface area contributed by atoms with E-state index in [2.05, 4.69) is 4.99 Å². The molecule has 25 heavy (non-hydrogen) atoms. The number of aryl methyl sites for hydroxylation is 2. The normalized spacial score (nSPS) is 12.1. The molecule has 0 N–H and O–H groups in total. The van der Waals surface area contributed by atoms with Crippen LogP contribution in [0.15, 0.2) is 41.4 Å². The molecule has 0 spiro atoms. The number of ether oxygens (including phenoxy) is 1. The quantitative estimate of drug-likeness (QED) is 0.711. The number of benzene rings is 2. The van der Waals surface area contributed by atoms with Crippen molar-refractivity contribution in [3.63, 3.8) is 0 Å². The molecule has 1 amide bonds. The molecule has 4 nitrogen and oxygen atoms in total. The third-order valence-corrected chi connectivity index (χ3v) is 5.16. The Balaban J connectivity index is 2.10. The summed E-state index contributed by atoms with van der Waals surface area (Å²) < 4.78 is 21.3. The van der Waals surface area contributed by atoms with Crippen molar-refractivity contribution < 1.29 is 13.9 Å².